The molecule has 0 aliphatic rings. The standard InChI is InChI=1S/C20H16/c1-2-9-17(10-3-1)11-4-5-12-18-14-8-15-19-13-6-7-16-20(18)19/h1-16H/b11-4-,12-5-. The van der Waals surface area contributed by atoms with E-state index in [0.29, 0.717) is 0 Å². The van der Waals surface area contributed by atoms with Crippen LogP contribution in [0.2, 0.25) is 0 Å². The lowest BCUT2D eigenvalue weighted by atomic mass is 10.0. The predicted molar refractivity (Wildman–Crippen MR) is 88.5 cm³/mol. The van der Waals surface area contributed by atoms with Crippen molar-refractivity contribution in [1.29, 1.82) is 0 Å². The van der Waals surface area contributed by atoms with Gasteiger partial charge in [-0.3, -0.25) is 0 Å². The van der Waals surface area contributed by atoms with Crippen LogP contribution in [0.3, 0.4) is 0 Å². The first-order valence-corrected chi connectivity index (χ1v) is 6.81. The van der Waals surface area contributed by atoms with Crippen LogP contribution in [0.15, 0.2) is 84.9 Å². The van der Waals surface area contributed by atoms with Crippen LogP contribution in [-0.4, -0.2) is 0 Å². The molecular weight excluding hydrogens is 240 g/mol. The SMILES string of the molecule is C(/C=C\c1cccc2ccccc12)=C/c1ccccc1. The molecule has 0 saturated carbocycles. The van der Waals surface area contributed by atoms with E-state index in [2.05, 4.69) is 78.9 Å². The van der Waals surface area contributed by atoms with Crippen LogP contribution >= 0.6 is 0 Å². The lowest BCUT2D eigenvalue weighted by molar-refractivity contribution is 1.66. The van der Waals surface area contributed by atoms with Crippen LogP contribution < -0.4 is 0 Å². The molecule has 0 heterocycles. The van der Waals surface area contributed by atoms with Gasteiger partial charge in [0.1, 0.15) is 0 Å². The van der Waals surface area contributed by atoms with E-state index in [1.54, 1.807) is 0 Å². The van der Waals surface area contributed by atoms with Gasteiger partial charge in [-0.1, -0.05) is 97.1 Å². The van der Waals surface area contributed by atoms with Gasteiger partial charge < -0.3 is 0 Å². The van der Waals surface area contributed by atoms with Gasteiger partial charge in [0.05, 0.1) is 0 Å². The highest BCUT2D eigenvalue weighted by atomic mass is 14.0. The van der Waals surface area contributed by atoms with E-state index in [0.717, 1.165) is 0 Å². The molecule has 0 heteroatoms. The summed E-state index contributed by atoms with van der Waals surface area (Å²) in [7, 11) is 0. The smallest absolute Gasteiger partial charge is 0.0111 e. The third-order valence-corrected chi connectivity index (χ3v) is 3.30. The highest BCUT2D eigenvalue weighted by Crippen LogP contribution is 2.19. The second kappa shape index (κ2) is 6.03. The Kier molecular flexibility index (Phi) is 3.75. The number of allylic oxidation sites excluding steroid dienone is 2. The summed E-state index contributed by atoms with van der Waals surface area (Å²) < 4.78 is 0. The summed E-state index contributed by atoms with van der Waals surface area (Å²) >= 11 is 0. The maximum absolute atomic E-state index is 2.16. The maximum Gasteiger partial charge on any atom is -0.0111 e. The topological polar surface area (TPSA) is 0 Å². The van der Waals surface area contributed by atoms with Crippen molar-refractivity contribution in [2.24, 2.45) is 0 Å². The quantitative estimate of drug-likeness (QED) is 0.538. The maximum atomic E-state index is 2.16. The van der Waals surface area contributed by atoms with Gasteiger partial charge in [0.2, 0.25) is 0 Å². The van der Waals surface area contributed by atoms with Crippen molar-refractivity contribution in [2.45, 2.75) is 0 Å². The zero-order valence-electron chi connectivity index (χ0n) is 11.2. The number of fused-ring (bicyclic) bond motifs is 1. The van der Waals surface area contributed by atoms with E-state index in [1.165, 1.54) is 21.9 Å². The molecule has 0 amide bonds. The molecule has 96 valence electrons. The molecule has 3 aromatic carbocycles. The molecule has 0 radical (unpaired) electrons. The van der Waals surface area contributed by atoms with Crippen molar-refractivity contribution in [3.8, 4) is 0 Å². The highest BCUT2D eigenvalue weighted by molar-refractivity contribution is 5.90. The fourth-order valence-corrected chi connectivity index (χ4v) is 2.29. The van der Waals surface area contributed by atoms with Crippen molar-refractivity contribution in [3.05, 3.63) is 96.1 Å². The Hall–Kier alpha value is -2.60. The minimum Gasteiger partial charge on any atom is -0.0622 e. The minimum absolute atomic E-state index is 1.22. The Labute approximate surface area is 119 Å². The zero-order valence-corrected chi connectivity index (χ0v) is 11.2. The monoisotopic (exact) mass is 256 g/mol. The van der Waals surface area contributed by atoms with E-state index in [9.17, 15) is 0 Å². The third kappa shape index (κ3) is 2.86. The van der Waals surface area contributed by atoms with Crippen LogP contribution in [-0.2, 0) is 0 Å². The Morgan fingerprint density at radius 1 is 0.550 bits per heavy atom. The number of hydrogen-bond donors (Lipinski definition) is 0. The molecule has 0 unspecified atom stereocenters. The molecule has 0 aliphatic carbocycles. The highest BCUT2D eigenvalue weighted by Gasteiger charge is 1.95. The van der Waals surface area contributed by atoms with Gasteiger partial charge in [-0.25, -0.2) is 0 Å². The van der Waals surface area contributed by atoms with Gasteiger partial charge in [0.25, 0.3) is 0 Å². The molecule has 0 atom stereocenters. The van der Waals surface area contributed by atoms with Crippen LogP contribution in [0.25, 0.3) is 22.9 Å². The van der Waals surface area contributed by atoms with Gasteiger partial charge in [-0.2, -0.15) is 0 Å². The zero-order chi connectivity index (χ0) is 13.6. The van der Waals surface area contributed by atoms with E-state index in [-0.39, 0.29) is 0 Å². The number of benzene rings is 3. The van der Waals surface area contributed by atoms with Crippen LogP contribution in [0.5, 0.6) is 0 Å². The molecule has 20 heavy (non-hydrogen) atoms. The summed E-state index contributed by atoms with van der Waals surface area (Å²) in [4.78, 5) is 0. The molecule has 0 aliphatic heterocycles. The van der Waals surface area contributed by atoms with Crippen LogP contribution in [0.1, 0.15) is 11.1 Å². The van der Waals surface area contributed by atoms with Gasteiger partial charge in [0, 0.05) is 0 Å². The molecular formula is C20H16. The summed E-state index contributed by atoms with van der Waals surface area (Å²) in [5.41, 5.74) is 2.47. The molecule has 0 spiro atoms. The normalized spacial score (nSPS) is 11.6. The van der Waals surface area contributed by atoms with E-state index in [1.807, 2.05) is 18.2 Å². The first-order valence-electron chi connectivity index (χ1n) is 6.81. The summed E-state index contributed by atoms with van der Waals surface area (Å²) in [5.74, 6) is 0. The van der Waals surface area contributed by atoms with E-state index >= 15 is 0 Å². The Bertz CT molecular complexity index is 744. The fourth-order valence-electron chi connectivity index (χ4n) is 2.29. The third-order valence-electron chi connectivity index (χ3n) is 3.30. The molecule has 0 nitrogen and oxygen atoms in total. The van der Waals surface area contributed by atoms with Crippen LogP contribution in [0, 0.1) is 0 Å². The average Bonchev–Trinajstić information content (AvgIpc) is 2.53. The first kappa shape index (κ1) is 12.4. The minimum atomic E-state index is 1.22. The molecule has 0 bridgehead atoms. The lowest BCUT2D eigenvalue weighted by Crippen LogP contribution is -1.76. The number of hydrogen-bond acceptors (Lipinski definition) is 0. The lowest BCUT2D eigenvalue weighted by Gasteiger charge is -2.00. The molecule has 0 N–H and O–H groups in total. The largest absolute Gasteiger partial charge is 0.0622 e. The van der Waals surface area contributed by atoms with Crippen molar-refractivity contribution in [3.63, 3.8) is 0 Å². The Balaban J connectivity index is 1.83. The van der Waals surface area contributed by atoms with Gasteiger partial charge in [-0.05, 0) is 21.9 Å². The van der Waals surface area contributed by atoms with Crippen molar-refractivity contribution >= 4 is 22.9 Å². The second-order valence-electron chi connectivity index (χ2n) is 4.70. The Morgan fingerprint density at radius 3 is 2.15 bits per heavy atom. The summed E-state index contributed by atoms with van der Waals surface area (Å²) in [6.07, 6.45) is 8.44. The molecule has 3 rings (SSSR count). The van der Waals surface area contributed by atoms with Gasteiger partial charge in [-0.15, -0.1) is 0 Å². The molecule has 0 saturated heterocycles. The predicted octanol–water partition coefficient (Wildman–Crippen LogP) is 5.57. The van der Waals surface area contributed by atoms with Gasteiger partial charge >= 0.3 is 0 Å². The van der Waals surface area contributed by atoms with Crippen molar-refractivity contribution in [1.82, 2.24) is 0 Å². The second-order valence-corrected chi connectivity index (χ2v) is 4.70. The Morgan fingerprint density at radius 2 is 1.25 bits per heavy atom. The fraction of sp³-hybridized carbons (Fsp3) is 0. The summed E-state index contributed by atoms with van der Waals surface area (Å²) in [6, 6.07) is 25.2. The first-order chi connectivity index (χ1) is 9.93. The van der Waals surface area contributed by atoms with E-state index < -0.39 is 0 Å². The van der Waals surface area contributed by atoms with Crippen molar-refractivity contribution < 1.29 is 0 Å². The van der Waals surface area contributed by atoms with Crippen molar-refractivity contribution in [2.75, 3.05) is 0 Å². The van der Waals surface area contributed by atoms with Gasteiger partial charge in [0.15, 0.2) is 0 Å². The average molecular weight is 256 g/mol. The molecule has 0 fully saturated rings. The number of rotatable bonds is 3. The summed E-state index contributed by atoms with van der Waals surface area (Å²) in [6.45, 7) is 0. The molecule has 3 aromatic rings. The summed E-state index contributed by atoms with van der Waals surface area (Å²) in [5, 5.41) is 2.57. The van der Waals surface area contributed by atoms with E-state index in [4.69, 9.17) is 0 Å². The van der Waals surface area contributed by atoms with Crippen LogP contribution in [0.4, 0.5) is 0 Å². The molecule has 0 aromatic heterocycles.